The zero-order valence-electron chi connectivity index (χ0n) is 8.24. The van der Waals surface area contributed by atoms with E-state index in [1.165, 1.54) is 0 Å². The number of ether oxygens (including phenoxy) is 1. The minimum Gasteiger partial charge on any atom is -0.475 e. The van der Waals surface area contributed by atoms with Gasteiger partial charge in [0, 0.05) is 0 Å². The fraction of sp³-hybridized carbons (Fsp3) is 0.182. The maximum atomic E-state index is 11.8. The highest BCUT2D eigenvalue weighted by Gasteiger charge is 2.26. The Hall–Kier alpha value is -0.810. The third kappa shape index (κ3) is 2.30. The number of carbonyl (C=O) groups excluding carboxylic acids is 1. The average molecular weight is 347 g/mol. The standard InChI is InChI=1S/C11H9Br2NO2/c12-10(13)9-8(11(15)14-6-16-9)7-4-2-1-3-5-7/h1-5,10H,6H2,(H,14,15). The molecule has 0 saturated carbocycles. The van der Waals surface area contributed by atoms with Crippen LogP contribution in [-0.2, 0) is 9.53 Å². The Morgan fingerprint density at radius 1 is 1.25 bits per heavy atom. The second-order valence-electron chi connectivity index (χ2n) is 3.20. The predicted molar refractivity (Wildman–Crippen MR) is 69.1 cm³/mol. The van der Waals surface area contributed by atoms with Crippen LogP contribution in [0.25, 0.3) is 5.57 Å². The van der Waals surface area contributed by atoms with E-state index in [4.69, 9.17) is 4.74 Å². The molecule has 1 aliphatic heterocycles. The molecule has 1 aliphatic rings. The molecule has 1 aromatic rings. The predicted octanol–water partition coefficient (Wildman–Crippen LogP) is 2.62. The van der Waals surface area contributed by atoms with Crippen LogP contribution in [0.3, 0.4) is 0 Å². The summed E-state index contributed by atoms with van der Waals surface area (Å²) in [4.78, 5) is 11.8. The summed E-state index contributed by atoms with van der Waals surface area (Å²) in [5, 5.41) is 2.65. The maximum Gasteiger partial charge on any atom is 0.257 e. The van der Waals surface area contributed by atoms with Gasteiger partial charge in [0.2, 0.25) is 0 Å². The smallest absolute Gasteiger partial charge is 0.257 e. The Kier molecular flexibility index (Phi) is 3.66. The summed E-state index contributed by atoms with van der Waals surface area (Å²) in [5.41, 5.74) is 1.41. The molecule has 0 radical (unpaired) electrons. The molecule has 3 nitrogen and oxygen atoms in total. The van der Waals surface area contributed by atoms with Gasteiger partial charge in [-0.2, -0.15) is 0 Å². The number of alkyl halides is 2. The molecule has 0 bridgehead atoms. The van der Waals surface area contributed by atoms with Gasteiger partial charge in [0.05, 0.1) is 5.57 Å². The number of benzene rings is 1. The summed E-state index contributed by atoms with van der Waals surface area (Å²) in [6, 6.07) is 9.45. The highest BCUT2D eigenvalue weighted by Crippen LogP contribution is 2.30. The fourth-order valence-corrected chi connectivity index (χ4v) is 2.22. The van der Waals surface area contributed by atoms with Crippen LogP contribution in [0.1, 0.15) is 5.56 Å². The van der Waals surface area contributed by atoms with Gasteiger partial charge >= 0.3 is 0 Å². The monoisotopic (exact) mass is 345 g/mol. The second-order valence-corrected chi connectivity index (χ2v) is 6.26. The summed E-state index contributed by atoms with van der Waals surface area (Å²) in [7, 11) is 0. The van der Waals surface area contributed by atoms with E-state index < -0.39 is 0 Å². The molecule has 0 atom stereocenters. The van der Waals surface area contributed by atoms with Crippen LogP contribution in [0.2, 0.25) is 0 Å². The van der Waals surface area contributed by atoms with Crippen LogP contribution < -0.4 is 5.32 Å². The summed E-state index contributed by atoms with van der Waals surface area (Å²) < 4.78 is 5.27. The van der Waals surface area contributed by atoms with Crippen molar-refractivity contribution in [2.24, 2.45) is 0 Å². The van der Waals surface area contributed by atoms with Crippen molar-refractivity contribution < 1.29 is 9.53 Å². The van der Waals surface area contributed by atoms with Crippen molar-refractivity contribution in [3.8, 4) is 0 Å². The van der Waals surface area contributed by atoms with Gasteiger partial charge in [-0.15, -0.1) is 0 Å². The van der Waals surface area contributed by atoms with Gasteiger partial charge in [-0.25, -0.2) is 0 Å². The molecule has 1 amide bonds. The first-order valence-corrected chi connectivity index (χ1v) is 6.52. The average Bonchev–Trinajstić information content (AvgIpc) is 2.29. The number of halogens is 2. The summed E-state index contributed by atoms with van der Waals surface area (Å²) in [6.07, 6.45) is 0. The first kappa shape index (κ1) is 11.7. The van der Waals surface area contributed by atoms with E-state index >= 15 is 0 Å². The van der Waals surface area contributed by atoms with Crippen molar-refractivity contribution in [1.82, 2.24) is 5.32 Å². The highest BCUT2D eigenvalue weighted by molar-refractivity contribution is 9.24. The van der Waals surface area contributed by atoms with Gasteiger partial charge in [-0.3, -0.25) is 4.79 Å². The maximum absolute atomic E-state index is 11.8. The lowest BCUT2D eigenvalue weighted by Crippen LogP contribution is -2.33. The number of nitrogens with one attached hydrogen (secondary N) is 1. The van der Waals surface area contributed by atoms with Gasteiger partial charge < -0.3 is 10.1 Å². The van der Waals surface area contributed by atoms with Gasteiger partial charge in [-0.1, -0.05) is 62.2 Å². The number of amides is 1. The van der Waals surface area contributed by atoms with E-state index in [0.717, 1.165) is 5.56 Å². The zero-order valence-corrected chi connectivity index (χ0v) is 11.4. The quantitative estimate of drug-likeness (QED) is 0.836. The first-order chi connectivity index (χ1) is 7.70. The van der Waals surface area contributed by atoms with Crippen LogP contribution >= 0.6 is 31.9 Å². The third-order valence-electron chi connectivity index (χ3n) is 2.19. The SMILES string of the molecule is O=C1NCOC(C(Br)Br)=C1c1ccccc1. The molecular formula is C11H9Br2NO2. The van der Waals surface area contributed by atoms with Gasteiger partial charge in [0.1, 0.15) is 9.50 Å². The lowest BCUT2D eigenvalue weighted by Gasteiger charge is -2.22. The Bertz CT molecular complexity index is 429. The lowest BCUT2D eigenvalue weighted by molar-refractivity contribution is -0.118. The molecule has 2 rings (SSSR count). The molecular weight excluding hydrogens is 338 g/mol. The van der Waals surface area contributed by atoms with E-state index in [0.29, 0.717) is 11.3 Å². The van der Waals surface area contributed by atoms with E-state index in [9.17, 15) is 4.79 Å². The number of rotatable bonds is 2. The molecule has 0 aromatic heterocycles. The minimum absolute atomic E-state index is 0.114. The number of allylic oxidation sites excluding steroid dienone is 1. The number of hydrogen-bond acceptors (Lipinski definition) is 2. The molecule has 1 aromatic carbocycles. The fourth-order valence-electron chi connectivity index (χ4n) is 1.50. The van der Waals surface area contributed by atoms with Gasteiger partial charge in [0.25, 0.3) is 5.91 Å². The van der Waals surface area contributed by atoms with E-state index in [-0.39, 0.29) is 16.4 Å². The Morgan fingerprint density at radius 2 is 1.94 bits per heavy atom. The third-order valence-corrected chi connectivity index (χ3v) is 3.03. The van der Waals surface area contributed by atoms with Crippen molar-refractivity contribution in [2.75, 3.05) is 6.73 Å². The van der Waals surface area contributed by atoms with Crippen LogP contribution in [0, 0.1) is 0 Å². The zero-order chi connectivity index (χ0) is 11.5. The van der Waals surface area contributed by atoms with Crippen LogP contribution in [0.5, 0.6) is 0 Å². The van der Waals surface area contributed by atoms with E-state index in [2.05, 4.69) is 37.2 Å². The van der Waals surface area contributed by atoms with E-state index in [1.807, 2.05) is 30.3 Å². The van der Waals surface area contributed by atoms with Crippen molar-refractivity contribution in [3.63, 3.8) is 0 Å². The van der Waals surface area contributed by atoms with Crippen molar-refractivity contribution in [1.29, 1.82) is 0 Å². The number of hydrogen-bond donors (Lipinski definition) is 1. The van der Waals surface area contributed by atoms with Crippen molar-refractivity contribution in [2.45, 2.75) is 3.74 Å². The molecule has 1 heterocycles. The molecule has 1 N–H and O–H groups in total. The Balaban J connectivity index is 2.52. The van der Waals surface area contributed by atoms with Crippen LogP contribution in [0.15, 0.2) is 36.1 Å². The molecule has 0 saturated heterocycles. The topological polar surface area (TPSA) is 38.3 Å². The molecule has 0 fully saturated rings. The highest BCUT2D eigenvalue weighted by atomic mass is 79.9. The minimum atomic E-state index is -0.166. The summed E-state index contributed by atoms with van der Waals surface area (Å²) in [6.45, 7) is 0.207. The molecule has 16 heavy (non-hydrogen) atoms. The molecule has 5 heteroatoms. The normalized spacial score (nSPS) is 16.1. The summed E-state index contributed by atoms with van der Waals surface area (Å²) >= 11 is 6.71. The molecule has 84 valence electrons. The van der Waals surface area contributed by atoms with Crippen LogP contribution in [-0.4, -0.2) is 16.4 Å². The Labute approximate surface area is 110 Å². The molecule has 0 unspecified atom stereocenters. The van der Waals surface area contributed by atoms with Crippen LogP contribution in [0.4, 0.5) is 0 Å². The van der Waals surface area contributed by atoms with E-state index in [1.54, 1.807) is 0 Å². The Morgan fingerprint density at radius 3 is 2.56 bits per heavy atom. The number of carbonyl (C=O) groups is 1. The largest absolute Gasteiger partial charge is 0.475 e. The van der Waals surface area contributed by atoms with Crippen molar-refractivity contribution in [3.05, 3.63) is 41.7 Å². The first-order valence-electron chi connectivity index (χ1n) is 4.69. The molecule has 0 spiro atoms. The second kappa shape index (κ2) is 5.01. The van der Waals surface area contributed by atoms with Gasteiger partial charge in [0.15, 0.2) is 6.73 Å². The summed E-state index contributed by atoms with van der Waals surface area (Å²) in [5.74, 6) is 0.492. The lowest BCUT2D eigenvalue weighted by atomic mass is 10.0. The molecule has 0 aliphatic carbocycles. The van der Waals surface area contributed by atoms with Crippen molar-refractivity contribution >= 4 is 43.3 Å². The van der Waals surface area contributed by atoms with Gasteiger partial charge in [-0.05, 0) is 5.56 Å².